The van der Waals surface area contributed by atoms with Gasteiger partial charge in [-0.05, 0) is 25.7 Å². The molecule has 2 aliphatic rings. The number of hydrogen-bond donors (Lipinski definition) is 0. The number of carbonyl (C=O) groups excluding carboxylic acids is 2. The summed E-state index contributed by atoms with van der Waals surface area (Å²) in [6, 6.07) is 0. The van der Waals surface area contributed by atoms with Crippen molar-refractivity contribution in [3.63, 3.8) is 0 Å². The summed E-state index contributed by atoms with van der Waals surface area (Å²) in [4.78, 5) is 30.5. The topological polar surface area (TPSA) is 43.9 Å². The Bertz CT molecular complexity index is 359. The second kappa shape index (κ2) is 7.78. The maximum absolute atomic E-state index is 12.2. The van der Waals surface area contributed by atoms with Crippen LogP contribution in [0.4, 0.5) is 0 Å². The zero-order valence-electron chi connectivity index (χ0n) is 13.5. The first-order valence-corrected chi connectivity index (χ1v) is 8.40. The molecule has 0 aromatic rings. The van der Waals surface area contributed by atoms with E-state index in [2.05, 4.69) is 11.8 Å². The van der Waals surface area contributed by atoms with Gasteiger partial charge in [0.05, 0.1) is 6.54 Å². The first-order valence-electron chi connectivity index (χ1n) is 8.40. The Balaban J connectivity index is 1.73. The Morgan fingerprint density at radius 2 is 1.52 bits per heavy atom. The largest absolute Gasteiger partial charge is 0.342 e. The summed E-state index contributed by atoms with van der Waals surface area (Å²) < 4.78 is 0. The normalized spacial score (nSPS) is 22.2. The summed E-state index contributed by atoms with van der Waals surface area (Å²) in [6.45, 7) is 9.57. The summed E-state index contributed by atoms with van der Waals surface area (Å²) in [6.07, 6.45) is 4.43. The van der Waals surface area contributed by atoms with Crippen LogP contribution in [0.2, 0.25) is 0 Å². The molecular weight excluding hydrogens is 266 g/mol. The Hall–Kier alpha value is -1.10. The van der Waals surface area contributed by atoms with E-state index in [9.17, 15) is 9.59 Å². The van der Waals surface area contributed by atoms with Crippen LogP contribution in [0.3, 0.4) is 0 Å². The van der Waals surface area contributed by atoms with E-state index in [4.69, 9.17) is 0 Å². The van der Waals surface area contributed by atoms with Crippen molar-refractivity contribution in [3.8, 4) is 0 Å². The molecule has 0 radical (unpaired) electrons. The Morgan fingerprint density at radius 1 is 0.905 bits per heavy atom. The molecule has 0 aromatic carbocycles. The van der Waals surface area contributed by atoms with E-state index < -0.39 is 0 Å². The summed E-state index contributed by atoms with van der Waals surface area (Å²) in [7, 11) is 0. The van der Waals surface area contributed by atoms with Crippen molar-refractivity contribution >= 4 is 11.8 Å². The minimum absolute atomic E-state index is 0.117. The number of piperazine rings is 1. The highest BCUT2D eigenvalue weighted by molar-refractivity contribution is 5.79. The van der Waals surface area contributed by atoms with E-state index >= 15 is 0 Å². The number of likely N-dealkylation sites (tertiary alicyclic amines) is 1. The minimum atomic E-state index is 0.117. The van der Waals surface area contributed by atoms with Gasteiger partial charge < -0.3 is 9.80 Å². The van der Waals surface area contributed by atoms with Crippen LogP contribution in [0.1, 0.15) is 39.5 Å². The van der Waals surface area contributed by atoms with Crippen LogP contribution in [0.5, 0.6) is 0 Å². The van der Waals surface area contributed by atoms with Crippen molar-refractivity contribution in [3.05, 3.63) is 0 Å². The van der Waals surface area contributed by atoms with Crippen LogP contribution in [0.25, 0.3) is 0 Å². The van der Waals surface area contributed by atoms with Crippen LogP contribution in [-0.4, -0.2) is 72.3 Å². The lowest BCUT2D eigenvalue weighted by atomic mass is 10.1. The molecular formula is C16H29N3O2. The molecule has 0 saturated carbocycles. The average Bonchev–Trinajstić information content (AvgIpc) is 2.55. The quantitative estimate of drug-likeness (QED) is 0.782. The first-order chi connectivity index (χ1) is 10.1. The fourth-order valence-electron chi connectivity index (χ4n) is 3.05. The zero-order chi connectivity index (χ0) is 15.2. The molecule has 2 amide bonds. The van der Waals surface area contributed by atoms with Gasteiger partial charge in [0.2, 0.25) is 11.8 Å². The van der Waals surface area contributed by atoms with Gasteiger partial charge in [-0.15, -0.1) is 0 Å². The lowest BCUT2D eigenvalue weighted by Crippen LogP contribution is -2.52. The molecule has 21 heavy (non-hydrogen) atoms. The number of amides is 2. The van der Waals surface area contributed by atoms with Crippen molar-refractivity contribution in [1.82, 2.24) is 14.7 Å². The van der Waals surface area contributed by atoms with Gasteiger partial charge in [0.25, 0.3) is 0 Å². The molecule has 5 heteroatoms. The first kappa shape index (κ1) is 16.3. The van der Waals surface area contributed by atoms with E-state index in [1.165, 1.54) is 6.42 Å². The molecule has 2 rings (SSSR count). The van der Waals surface area contributed by atoms with E-state index in [-0.39, 0.29) is 17.7 Å². The van der Waals surface area contributed by atoms with Gasteiger partial charge >= 0.3 is 0 Å². The van der Waals surface area contributed by atoms with Crippen molar-refractivity contribution in [2.75, 3.05) is 45.8 Å². The smallest absolute Gasteiger partial charge is 0.236 e. The highest BCUT2D eigenvalue weighted by atomic mass is 16.2. The van der Waals surface area contributed by atoms with Gasteiger partial charge in [0.1, 0.15) is 0 Å². The van der Waals surface area contributed by atoms with Crippen molar-refractivity contribution in [2.24, 2.45) is 5.92 Å². The Kier molecular flexibility index (Phi) is 6.03. The summed E-state index contributed by atoms with van der Waals surface area (Å²) >= 11 is 0. The molecule has 120 valence electrons. The number of hydrogen-bond acceptors (Lipinski definition) is 3. The number of piperidine rings is 1. The molecule has 2 aliphatic heterocycles. The fraction of sp³-hybridized carbons (Fsp3) is 0.875. The number of rotatable bonds is 4. The van der Waals surface area contributed by atoms with E-state index in [1.54, 1.807) is 0 Å². The monoisotopic (exact) mass is 295 g/mol. The predicted molar refractivity (Wildman–Crippen MR) is 82.9 cm³/mol. The second-order valence-electron chi connectivity index (χ2n) is 6.35. The van der Waals surface area contributed by atoms with Gasteiger partial charge in [-0.2, -0.15) is 0 Å². The highest BCUT2D eigenvalue weighted by Crippen LogP contribution is 2.12. The molecule has 2 saturated heterocycles. The molecule has 2 fully saturated rings. The summed E-state index contributed by atoms with van der Waals surface area (Å²) in [5.74, 6) is 0.641. The standard InChI is InChI=1S/C16H29N3O2/c1-3-14(2)16(21)19-11-9-17(10-12-19)13-15(20)18-7-5-4-6-8-18/h14H,3-13H2,1-2H3. The van der Waals surface area contributed by atoms with Crippen LogP contribution >= 0.6 is 0 Å². The van der Waals surface area contributed by atoms with Crippen LogP contribution in [0.15, 0.2) is 0 Å². The van der Waals surface area contributed by atoms with Gasteiger partial charge in [0.15, 0.2) is 0 Å². The molecule has 1 atom stereocenters. The molecule has 2 heterocycles. The van der Waals surface area contributed by atoms with Crippen LogP contribution < -0.4 is 0 Å². The van der Waals surface area contributed by atoms with Crippen molar-refractivity contribution in [1.29, 1.82) is 0 Å². The number of nitrogens with zero attached hydrogens (tertiary/aromatic N) is 3. The molecule has 0 aliphatic carbocycles. The third-order valence-electron chi connectivity index (χ3n) is 4.79. The van der Waals surface area contributed by atoms with E-state index in [0.717, 1.165) is 58.5 Å². The predicted octanol–water partition coefficient (Wildman–Crippen LogP) is 1.19. The molecule has 1 unspecified atom stereocenters. The van der Waals surface area contributed by atoms with Gasteiger partial charge in [-0.25, -0.2) is 0 Å². The lowest BCUT2D eigenvalue weighted by molar-refractivity contribution is -0.138. The molecule has 5 nitrogen and oxygen atoms in total. The number of carbonyl (C=O) groups is 2. The van der Waals surface area contributed by atoms with Crippen LogP contribution in [-0.2, 0) is 9.59 Å². The Morgan fingerprint density at radius 3 is 2.10 bits per heavy atom. The van der Waals surface area contributed by atoms with Gasteiger partial charge in [-0.3, -0.25) is 14.5 Å². The fourth-order valence-corrected chi connectivity index (χ4v) is 3.05. The van der Waals surface area contributed by atoms with E-state index in [1.807, 2.05) is 16.7 Å². The molecule has 0 bridgehead atoms. The Labute approximate surface area is 128 Å². The zero-order valence-corrected chi connectivity index (χ0v) is 13.5. The van der Waals surface area contributed by atoms with Crippen LogP contribution in [0, 0.1) is 5.92 Å². The third kappa shape index (κ3) is 4.43. The van der Waals surface area contributed by atoms with Gasteiger partial charge in [0, 0.05) is 45.2 Å². The molecule has 0 aromatic heterocycles. The summed E-state index contributed by atoms with van der Waals surface area (Å²) in [5, 5.41) is 0. The minimum Gasteiger partial charge on any atom is -0.342 e. The molecule has 0 N–H and O–H groups in total. The van der Waals surface area contributed by atoms with Gasteiger partial charge in [-0.1, -0.05) is 13.8 Å². The maximum Gasteiger partial charge on any atom is 0.236 e. The maximum atomic E-state index is 12.2. The third-order valence-corrected chi connectivity index (χ3v) is 4.79. The van der Waals surface area contributed by atoms with Crippen molar-refractivity contribution in [2.45, 2.75) is 39.5 Å². The second-order valence-corrected chi connectivity index (χ2v) is 6.35. The van der Waals surface area contributed by atoms with Crippen molar-refractivity contribution < 1.29 is 9.59 Å². The molecule has 0 spiro atoms. The highest BCUT2D eigenvalue weighted by Gasteiger charge is 2.26. The lowest BCUT2D eigenvalue weighted by Gasteiger charge is -2.37. The SMILES string of the molecule is CCC(C)C(=O)N1CCN(CC(=O)N2CCCCC2)CC1. The summed E-state index contributed by atoms with van der Waals surface area (Å²) in [5.41, 5.74) is 0. The van der Waals surface area contributed by atoms with E-state index in [0.29, 0.717) is 6.54 Å². The average molecular weight is 295 g/mol.